The monoisotopic (exact) mass is 265 g/mol. The highest BCUT2D eigenvalue weighted by Gasteiger charge is 2.13. The van der Waals surface area contributed by atoms with E-state index < -0.39 is 0 Å². The van der Waals surface area contributed by atoms with Crippen molar-refractivity contribution >= 4 is 10.8 Å². The lowest BCUT2D eigenvalue weighted by atomic mass is 10.1. The van der Waals surface area contributed by atoms with Crippen molar-refractivity contribution in [3.05, 3.63) is 59.4 Å². The summed E-state index contributed by atoms with van der Waals surface area (Å²) in [5.41, 5.74) is 4.71. The Balaban J connectivity index is 2.24. The van der Waals surface area contributed by atoms with Gasteiger partial charge in [0.05, 0.1) is 11.4 Å². The first-order chi connectivity index (χ1) is 9.72. The number of nitrogens with zero attached hydrogens (tertiary/aromatic N) is 2. The average Bonchev–Trinajstić information content (AvgIpc) is 2.75. The number of hydrogen-bond acceptors (Lipinski definition) is 2. The SMILES string of the molecule is CNCc1c(C)nn(-c2cccc3ccccc23)c1C. The van der Waals surface area contributed by atoms with Crippen LogP contribution < -0.4 is 5.32 Å². The fourth-order valence-electron chi connectivity index (χ4n) is 2.74. The van der Waals surface area contributed by atoms with Crippen LogP contribution in [-0.2, 0) is 6.54 Å². The van der Waals surface area contributed by atoms with Crippen molar-refractivity contribution in [3.8, 4) is 5.69 Å². The van der Waals surface area contributed by atoms with Gasteiger partial charge in [0.15, 0.2) is 0 Å². The average molecular weight is 265 g/mol. The summed E-state index contributed by atoms with van der Waals surface area (Å²) in [4.78, 5) is 0. The van der Waals surface area contributed by atoms with Crippen LogP contribution >= 0.6 is 0 Å². The summed E-state index contributed by atoms with van der Waals surface area (Å²) in [6.45, 7) is 5.05. The predicted molar refractivity (Wildman–Crippen MR) is 83.3 cm³/mol. The highest BCUT2D eigenvalue weighted by Crippen LogP contribution is 2.25. The molecule has 0 saturated carbocycles. The zero-order valence-electron chi connectivity index (χ0n) is 12.1. The number of benzene rings is 2. The molecule has 1 heterocycles. The van der Waals surface area contributed by atoms with Crippen LogP contribution in [0.4, 0.5) is 0 Å². The summed E-state index contributed by atoms with van der Waals surface area (Å²) in [5, 5.41) is 10.4. The third-order valence-electron chi connectivity index (χ3n) is 3.79. The molecule has 3 nitrogen and oxygen atoms in total. The molecule has 0 spiro atoms. The molecular weight excluding hydrogens is 246 g/mol. The van der Waals surface area contributed by atoms with Crippen LogP contribution in [0, 0.1) is 13.8 Å². The molecule has 0 atom stereocenters. The van der Waals surface area contributed by atoms with Gasteiger partial charge in [-0.25, -0.2) is 4.68 Å². The van der Waals surface area contributed by atoms with E-state index >= 15 is 0 Å². The Morgan fingerprint density at radius 3 is 2.60 bits per heavy atom. The molecule has 3 rings (SSSR count). The molecule has 0 aliphatic rings. The van der Waals surface area contributed by atoms with Gasteiger partial charge in [0.1, 0.15) is 0 Å². The van der Waals surface area contributed by atoms with Gasteiger partial charge in [0.25, 0.3) is 0 Å². The summed E-state index contributed by atoms with van der Waals surface area (Å²) >= 11 is 0. The molecule has 102 valence electrons. The molecular formula is C17H19N3. The summed E-state index contributed by atoms with van der Waals surface area (Å²) in [5.74, 6) is 0. The van der Waals surface area contributed by atoms with Gasteiger partial charge in [-0.05, 0) is 32.3 Å². The number of nitrogens with one attached hydrogen (secondary N) is 1. The molecule has 3 aromatic rings. The third kappa shape index (κ3) is 2.00. The van der Waals surface area contributed by atoms with Crippen LogP contribution in [0.15, 0.2) is 42.5 Å². The Morgan fingerprint density at radius 2 is 1.80 bits per heavy atom. The first-order valence-electron chi connectivity index (χ1n) is 6.90. The van der Waals surface area contributed by atoms with E-state index in [-0.39, 0.29) is 0 Å². The van der Waals surface area contributed by atoms with Crippen LogP contribution in [-0.4, -0.2) is 16.8 Å². The van der Waals surface area contributed by atoms with E-state index in [1.165, 1.54) is 22.0 Å². The Bertz CT molecular complexity index is 751. The molecule has 0 bridgehead atoms. The molecule has 20 heavy (non-hydrogen) atoms. The molecule has 0 amide bonds. The zero-order chi connectivity index (χ0) is 14.1. The number of rotatable bonds is 3. The highest BCUT2D eigenvalue weighted by molar-refractivity contribution is 5.90. The molecule has 1 N–H and O–H groups in total. The molecule has 0 radical (unpaired) electrons. The Morgan fingerprint density at radius 1 is 1.05 bits per heavy atom. The Labute approximate surface area is 119 Å². The Kier molecular flexibility index (Phi) is 3.28. The van der Waals surface area contributed by atoms with E-state index in [0.29, 0.717) is 0 Å². The van der Waals surface area contributed by atoms with Gasteiger partial charge in [0.2, 0.25) is 0 Å². The lowest BCUT2D eigenvalue weighted by molar-refractivity contribution is 0.802. The lowest BCUT2D eigenvalue weighted by Crippen LogP contribution is -2.07. The fraction of sp³-hybridized carbons (Fsp3) is 0.235. The predicted octanol–water partition coefficient (Wildman–Crippen LogP) is 3.36. The largest absolute Gasteiger partial charge is 0.316 e. The molecule has 2 aromatic carbocycles. The van der Waals surface area contributed by atoms with Crippen LogP contribution in [0.5, 0.6) is 0 Å². The maximum Gasteiger partial charge on any atom is 0.0727 e. The second-order valence-electron chi connectivity index (χ2n) is 5.09. The number of hydrogen-bond donors (Lipinski definition) is 1. The number of aromatic nitrogens is 2. The van der Waals surface area contributed by atoms with Gasteiger partial charge in [-0.2, -0.15) is 5.10 Å². The van der Waals surface area contributed by atoms with Crippen molar-refractivity contribution in [1.29, 1.82) is 0 Å². The maximum atomic E-state index is 4.73. The second-order valence-corrected chi connectivity index (χ2v) is 5.09. The Hall–Kier alpha value is -2.13. The summed E-state index contributed by atoms with van der Waals surface area (Å²) < 4.78 is 2.06. The first-order valence-corrected chi connectivity index (χ1v) is 6.90. The van der Waals surface area contributed by atoms with E-state index in [1.54, 1.807) is 0 Å². The van der Waals surface area contributed by atoms with Crippen LogP contribution in [0.3, 0.4) is 0 Å². The molecule has 3 heteroatoms. The van der Waals surface area contributed by atoms with Gasteiger partial charge < -0.3 is 5.32 Å². The topological polar surface area (TPSA) is 29.9 Å². The minimum Gasteiger partial charge on any atom is -0.316 e. The summed E-state index contributed by atoms with van der Waals surface area (Å²) in [6.07, 6.45) is 0. The van der Waals surface area contributed by atoms with Crippen LogP contribution in [0.2, 0.25) is 0 Å². The molecule has 0 unspecified atom stereocenters. The van der Waals surface area contributed by atoms with E-state index in [2.05, 4.69) is 66.3 Å². The summed E-state index contributed by atoms with van der Waals surface area (Å²) in [6, 6.07) is 14.8. The van der Waals surface area contributed by atoms with Crippen molar-refractivity contribution in [2.24, 2.45) is 0 Å². The van der Waals surface area contributed by atoms with E-state index in [9.17, 15) is 0 Å². The molecule has 1 aromatic heterocycles. The maximum absolute atomic E-state index is 4.73. The van der Waals surface area contributed by atoms with Crippen molar-refractivity contribution in [2.45, 2.75) is 20.4 Å². The van der Waals surface area contributed by atoms with Crippen LogP contribution in [0.1, 0.15) is 17.0 Å². The summed E-state index contributed by atoms with van der Waals surface area (Å²) in [7, 11) is 1.97. The van der Waals surface area contributed by atoms with Gasteiger partial charge in [0, 0.05) is 23.2 Å². The van der Waals surface area contributed by atoms with Gasteiger partial charge in [-0.15, -0.1) is 0 Å². The van der Waals surface area contributed by atoms with Crippen molar-refractivity contribution in [1.82, 2.24) is 15.1 Å². The van der Waals surface area contributed by atoms with Gasteiger partial charge >= 0.3 is 0 Å². The number of aryl methyl sites for hydroxylation is 1. The molecule has 0 aliphatic carbocycles. The van der Waals surface area contributed by atoms with Crippen molar-refractivity contribution in [3.63, 3.8) is 0 Å². The molecule has 0 fully saturated rings. The fourth-order valence-corrected chi connectivity index (χ4v) is 2.74. The zero-order valence-corrected chi connectivity index (χ0v) is 12.1. The minimum atomic E-state index is 0.850. The van der Waals surface area contributed by atoms with Gasteiger partial charge in [-0.3, -0.25) is 0 Å². The van der Waals surface area contributed by atoms with Crippen LogP contribution in [0.25, 0.3) is 16.5 Å². The first kappa shape index (κ1) is 12.9. The van der Waals surface area contributed by atoms with Gasteiger partial charge in [-0.1, -0.05) is 36.4 Å². The van der Waals surface area contributed by atoms with Crippen molar-refractivity contribution < 1.29 is 0 Å². The standard InChI is InChI=1S/C17H19N3/c1-12-16(11-18-3)13(2)20(19-12)17-10-6-8-14-7-4-5-9-15(14)17/h4-10,18H,11H2,1-3H3. The molecule has 0 saturated heterocycles. The highest BCUT2D eigenvalue weighted by atomic mass is 15.3. The minimum absolute atomic E-state index is 0.850. The van der Waals surface area contributed by atoms with Crippen molar-refractivity contribution in [2.75, 3.05) is 7.05 Å². The smallest absolute Gasteiger partial charge is 0.0727 e. The van der Waals surface area contributed by atoms with E-state index in [0.717, 1.165) is 17.9 Å². The van der Waals surface area contributed by atoms with E-state index in [4.69, 9.17) is 5.10 Å². The lowest BCUT2D eigenvalue weighted by Gasteiger charge is -2.09. The van der Waals surface area contributed by atoms with E-state index in [1.807, 2.05) is 7.05 Å². The third-order valence-corrected chi connectivity index (χ3v) is 3.79. The normalized spacial score (nSPS) is 11.2. The second kappa shape index (κ2) is 5.10. The number of fused-ring (bicyclic) bond motifs is 1. The quantitative estimate of drug-likeness (QED) is 0.787. The molecule has 0 aliphatic heterocycles.